The van der Waals surface area contributed by atoms with Crippen LogP contribution in [-0.4, -0.2) is 10.9 Å². The maximum atomic E-state index is 12.1. The van der Waals surface area contributed by atoms with Crippen molar-refractivity contribution in [1.29, 1.82) is 0 Å². The molecule has 0 saturated carbocycles. The molecule has 19 heavy (non-hydrogen) atoms. The Labute approximate surface area is 118 Å². The molecular weight excluding hydrogens is 308 g/mol. The molecule has 96 valence electrons. The van der Waals surface area contributed by atoms with E-state index in [1.807, 2.05) is 18.2 Å². The molecule has 0 atom stereocenters. The number of rotatable bonds is 2. The average molecular weight is 319 g/mol. The van der Waals surface area contributed by atoms with E-state index in [2.05, 4.69) is 26.2 Å². The molecule has 0 spiro atoms. The molecule has 3 rings (SSSR count). The van der Waals surface area contributed by atoms with Crippen molar-refractivity contribution < 1.29 is 9.53 Å². The first-order chi connectivity index (χ1) is 9.22. The number of fused-ring (bicyclic) bond motifs is 1. The fraction of sp³-hybridized carbons (Fsp3) is 0.143. The molecule has 1 aromatic heterocycles. The summed E-state index contributed by atoms with van der Waals surface area (Å²) >= 11 is 3.25. The largest absolute Gasteiger partial charge is 0.372 e. The second-order valence-electron chi connectivity index (χ2n) is 4.30. The molecule has 1 N–H and O–H groups in total. The average Bonchev–Trinajstić information content (AvgIpc) is 2.86. The monoisotopic (exact) mass is 318 g/mol. The number of aromatic nitrogens is 1. The van der Waals surface area contributed by atoms with Crippen molar-refractivity contribution in [2.24, 2.45) is 0 Å². The third-order valence-corrected chi connectivity index (χ3v) is 3.40. The van der Waals surface area contributed by atoms with E-state index < -0.39 is 0 Å². The van der Waals surface area contributed by atoms with Crippen LogP contribution in [0, 0.1) is 0 Å². The van der Waals surface area contributed by atoms with E-state index in [1.165, 1.54) is 5.56 Å². The maximum absolute atomic E-state index is 12.1. The Bertz CT molecular complexity index is 643. The second kappa shape index (κ2) is 5.11. The first-order valence-electron chi connectivity index (χ1n) is 5.85. The van der Waals surface area contributed by atoms with Gasteiger partial charge in [0.2, 0.25) is 0 Å². The molecule has 1 amide bonds. The summed E-state index contributed by atoms with van der Waals surface area (Å²) in [5, 5.41) is 2.87. The zero-order valence-electron chi connectivity index (χ0n) is 10.0. The molecule has 0 saturated heterocycles. The summed E-state index contributed by atoms with van der Waals surface area (Å²) in [6, 6.07) is 9.20. The van der Waals surface area contributed by atoms with Gasteiger partial charge in [-0.25, -0.2) is 4.98 Å². The van der Waals surface area contributed by atoms with Crippen molar-refractivity contribution in [3.63, 3.8) is 0 Å². The van der Waals surface area contributed by atoms with Crippen LogP contribution in [0.2, 0.25) is 0 Å². The van der Waals surface area contributed by atoms with Crippen molar-refractivity contribution in [3.05, 3.63) is 57.8 Å². The topological polar surface area (TPSA) is 51.2 Å². The van der Waals surface area contributed by atoms with Crippen LogP contribution in [0.25, 0.3) is 0 Å². The van der Waals surface area contributed by atoms with Crippen molar-refractivity contribution in [3.8, 4) is 0 Å². The first-order valence-corrected chi connectivity index (χ1v) is 6.64. The van der Waals surface area contributed by atoms with Gasteiger partial charge < -0.3 is 10.1 Å². The highest BCUT2D eigenvalue weighted by molar-refractivity contribution is 9.10. The van der Waals surface area contributed by atoms with Gasteiger partial charge in [-0.3, -0.25) is 4.79 Å². The molecule has 4 nitrogen and oxygen atoms in total. The van der Waals surface area contributed by atoms with Gasteiger partial charge in [0.15, 0.2) is 0 Å². The molecule has 1 aliphatic rings. The predicted octanol–water partition coefficient (Wildman–Crippen LogP) is 3.13. The van der Waals surface area contributed by atoms with E-state index >= 15 is 0 Å². The lowest BCUT2D eigenvalue weighted by Gasteiger charge is -2.07. The summed E-state index contributed by atoms with van der Waals surface area (Å²) in [4.78, 5) is 16.1. The van der Waals surface area contributed by atoms with Crippen LogP contribution in [0.15, 0.2) is 41.1 Å². The Kier molecular flexibility index (Phi) is 3.31. The van der Waals surface area contributed by atoms with Gasteiger partial charge in [-0.1, -0.05) is 6.07 Å². The number of hydrogen-bond donors (Lipinski definition) is 1. The van der Waals surface area contributed by atoms with Crippen molar-refractivity contribution >= 4 is 27.5 Å². The summed E-state index contributed by atoms with van der Waals surface area (Å²) in [7, 11) is 0. The minimum absolute atomic E-state index is 0.151. The Balaban J connectivity index is 1.80. The number of carbonyl (C=O) groups is 1. The van der Waals surface area contributed by atoms with E-state index in [-0.39, 0.29) is 5.91 Å². The number of benzene rings is 1. The quantitative estimate of drug-likeness (QED) is 0.865. The first kappa shape index (κ1) is 12.3. The van der Waals surface area contributed by atoms with E-state index in [0.717, 1.165) is 11.3 Å². The SMILES string of the molecule is O=C(Nc1ccc2c(c1)COC2)c1ccnc(Br)c1. The van der Waals surface area contributed by atoms with Crippen LogP contribution < -0.4 is 5.32 Å². The second-order valence-corrected chi connectivity index (χ2v) is 5.11. The van der Waals surface area contributed by atoms with Crippen molar-refractivity contribution in [2.45, 2.75) is 13.2 Å². The number of carbonyl (C=O) groups excluding carboxylic acids is 1. The number of nitrogens with one attached hydrogen (secondary N) is 1. The van der Waals surface area contributed by atoms with Crippen LogP contribution in [-0.2, 0) is 18.0 Å². The van der Waals surface area contributed by atoms with Crippen LogP contribution in [0.3, 0.4) is 0 Å². The summed E-state index contributed by atoms with van der Waals surface area (Å²) in [5.41, 5.74) is 3.67. The highest BCUT2D eigenvalue weighted by Gasteiger charge is 2.13. The van der Waals surface area contributed by atoms with Crippen LogP contribution in [0.1, 0.15) is 21.5 Å². The maximum Gasteiger partial charge on any atom is 0.255 e. The lowest BCUT2D eigenvalue weighted by molar-refractivity contribution is 0.102. The number of pyridine rings is 1. The van der Waals surface area contributed by atoms with Gasteiger partial charge in [0.25, 0.3) is 5.91 Å². The molecule has 1 aliphatic heterocycles. The van der Waals surface area contributed by atoms with E-state index in [0.29, 0.717) is 23.4 Å². The molecule has 0 unspecified atom stereocenters. The summed E-state index contributed by atoms with van der Waals surface area (Å²) in [5.74, 6) is -0.151. The molecule has 5 heteroatoms. The smallest absolute Gasteiger partial charge is 0.255 e. The van der Waals surface area contributed by atoms with Gasteiger partial charge in [0.05, 0.1) is 13.2 Å². The Hall–Kier alpha value is -1.72. The van der Waals surface area contributed by atoms with Gasteiger partial charge in [-0.05, 0) is 51.3 Å². The van der Waals surface area contributed by atoms with Crippen LogP contribution >= 0.6 is 15.9 Å². The highest BCUT2D eigenvalue weighted by atomic mass is 79.9. The predicted molar refractivity (Wildman–Crippen MR) is 74.8 cm³/mol. The van der Waals surface area contributed by atoms with E-state index in [4.69, 9.17) is 4.74 Å². The molecule has 2 heterocycles. The van der Waals surface area contributed by atoms with Crippen LogP contribution in [0.5, 0.6) is 0 Å². The lowest BCUT2D eigenvalue weighted by atomic mass is 10.1. The third kappa shape index (κ3) is 2.67. The van der Waals surface area contributed by atoms with E-state index in [1.54, 1.807) is 18.3 Å². The molecule has 2 aromatic rings. The molecule has 0 bridgehead atoms. The minimum Gasteiger partial charge on any atom is -0.372 e. The summed E-state index contributed by atoms with van der Waals surface area (Å²) in [6.07, 6.45) is 1.59. The van der Waals surface area contributed by atoms with Gasteiger partial charge >= 0.3 is 0 Å². The van der Waals surface area contributed by atoms with Crippen molar-refractivity contribution in [1.82, 2.24) is 4.98 Å². The van der Waals surface area contributed by atoms with Gasteiger partial charge in [0, 0.05) is 17.4 Å². The van der Waals surface area contributed by atoms with Gasteiger partial charge in [-0.15, -0.1) is 0 Å². The molecule has 0 aliphatic carbocycles. The van der Waals surface area contributed by atoms with Gasteiger partial charge in [0.1, 0.15) is 4.60 Å². The summed E-state index contributed by atoms with van der Waals surface area (Å²) in [6.45, 7) is 1.26. The number of hydrogen-bond acceptors (Lipinski definition) is 3. The fourth-order valence-electron chi connectivity index (χ4n) is 2.00. The molecule has 0 radical (unpaired) electrons. The molecule has 0 fully saturated rings. The standard InChI is InChI=1S/C14H11BrN2O2/c15-13-6-9(3-4-16-13)14(18)17-12-2-1-10-7-19-8-11(10)5-12/h1-6H,7-8H2,(H,17,18). The summed E-state index contributed by atoms with van der Waals surface area (Å²) < 4.78 is 5.99. The zero-order valence-corrected chi connectivity index (χ0v) is 11.6. The van der Waals surface area contributed by atoms with E-state index in [9.17, 15) is 4.79 Å². The van der Waals surface area contributed by atoms with Crippen molar-refractivity contribution in [2.75, 3.05) is 5.32 Å². The number of nitrogens with zero attached hydrogens (tertiary/aromatic N) is 1. The lowest BCUT2D eigenvalue weighted by Crippen LogP contribution is -2.12. The zero-order chi connectivity index (χ0) is 13.2. The Morgan fingerprint density at radius 3 is 2.89 bits per heavy atom. The van der Waals surface area contributed by atoms with Gasteiger partial charge in [-0.2, -0.15) is 0 Å². The Morgan fingerprint density at radius 2 is 2.05 bits per heavy atom. The Morgan fingerprint density at radius 1 is 1.21 bits per heavy atom. The third-order valence-electron chi connectivity index (χ3n) is 2.97. The number of anilines is 1. The number of halogens is 1. The number of ether oxygens (including phenoxy) is 1. The normalized spacial score (nSPS) is 13.1. The minimum atomic E-state index is -0.151. The molecule has 1 aromatic carbocycles. The van der Waals surface area contributed by atoms with Crippen LogP contribution in [0.4, 0.5) is 5.69 Å². The fourth-order valence-corrected chi connectivity index (χ4v) is 2.36. The molecular formula is C14H11BrN2O2. The number of amides is 1. The highest BCUT2D eigenvalue weighted by Crippen LogP contribution is 2.23.